The molecule has 0 N–H and O–H groups in total. The molecule has 0 amide bonds. The summed E-state index contributed by atoms with van der Waals surface area (Å²) in [5, 5.41) is 0. The van der Waals surface area contributed by atoms with Gasteiger partial charge in [0.05, 0.1) is 19.3 Å². The molecule has 0 aliphatic carbocycles. The van der Waals surface area contributed by atoms with Crippen molar-refractivity contribution >= 4 is 0 Å². The Morgan fingerprint density at radius 2 is 2.44 bits per heavy atom. The highest BCUT2D eigenvalue weighted by Crippen LogP contribution is 2.08. The summed E-state index contributed by atoms with van der Waals surface area (Å²) in [5.41, 5.74) is 0. The molecule has 0 spiro atoms. The molecule has 2 rings (SSSR count). The van der Waals surface area contributed by atoms with Crippen LogP contribution in [0.2, 0.25) is 0 Å². The molecule has 0 radical (unpaired) electrons. The Balaban J connectivity index is 1.94. The van der Waals surface area contributed by atoms with Crippen LogP contribution in [0.3, 0.4) is 0 Å². The Bertz CT molecular complexity index is 324. The van der Waals surface area contributed by atoms with Gasteiger partial charge in [-0.3, -0.25) is 0 Å². The Labute approximate surface area is 97.2 Å². The van der Waals surface area contributed by atoms with Crippen molar-refractivity contribution in [3.63, 3.8) is 0 Å². The molecule has 4 heteroatoms. The molecule has 90 valence electrons. The number of rotatable bonds is 4. The molecule has 1 fully saturated rings. The zero-order valence-corrected chi connectivity index (χ0v) is 10.2. The van der Waals surface area contributed by atoms with Crippen molar-refractivity contribution in [3.05, 3.63) is 18.2 Å². The number of nitrogens with zero attached hydrogens (tertiary/aromatic N) is 3. The zero-order chi connectivity index (χ0) is 11.4. The first-order valence-electron chi connectivity index (χ1n) is 6.09. The highest BCUT2D eigenvalue weighted by molar-refractivity contribution is 4.93. The van der Waals surface area contributed by atoms with Crippen molar-refractivity contribution in [3.8, 4) is 0 Å². The maximum absolute atomic E-state index is 5.76. The quantitative estimate of drug-likeness (QED) is 0.767. The highest BCUT2D eigenvalue weighted by Gasteiger charge is 2.18. The third-order valence-corrected chi connectivity index (χ3v) is 3.02. The van der Waals surface area contributed by atoms with Crippen LogP contribution in [0.4, 0.5) is 0 Å². The summed E-state index contributed by atoms with van der Waals surface area (Å²) in [6.45, 7) is 6.02. The van der Waals surface area contributed by atoms with Gasteiger partial charge in [0.1, 0.15) is 5.82 Å². The molecule has 1 aromatic heterocycles. The minimum Gasteiger partial charge on any atom is -0.374 e. The first-order valence-corrected chi connectivity index (χ1v) is 6.09. The summed E-state index contributed by atoms with van der Waals surface area (Å²) in [5.74, 6) is 1.18. The molecule has 1 saturated heterocycles. The van der Waals surface area contributed by atoms with Crippen LogP contribution < -0.4 is 0 Å². The number of ether oxygens (including phenoxy) is 1. The predicted octanol–water partition coefficient (Wildman–Crippen LogP) is 1.17. The molecule has 0 bridgehead atoms. The predicted molar refractivity (Wildman–Crippen MR) is 63.5 cm³/mol. The van der Waals surface area contributed by atoms with Gasteiger partial charge in [0, 0.05) is 31.9 Å². The Morgan fingerprint density at radius 1 is 1.56 bits per heavy atom. The molecule has 2 heterocycles. The summed E-state index contributed by atoms with van der Waals surface area (Å²) in [7, 11) is 2.15. The van der Waals surface area contributed by atoms with Gasteiger partial charge >= 0.3 is 0 Å². The first kappa shape index (κ1) is 11.6. The Kier molecular flexibility index (Phi) is 3.96. The smallest absolute Gasteiger partial charge is 0.108 e. The number of hydrogen-bond donors (Lipinski definition) is 0. The maximum Gasteiger partial charge on any atom is 0.108 e. The van der Waals surface area contributed by atoms with Gasteiger partial charge in [-0.05, 0) is 13.5 Å². The van der Waals surface area contributed by atoms with Crippen LogP contribution in [0.15, 0.2) is 12.4 Å². The number of likely N-dealkylation sites (N-methyl/N-ethyl adjacent to an activating group) is 1. The number of hydrogen-bond acceptors (Lipinski definition) is 3. The van der Waals surface area contributed by atoms with Gasteiger partial charge in [0.25, 0.3) is 0 Å². The van der Waals surface area contributed by atoms with Gasteiger partial charge in [-0.15, -0.1) is 0 Å². The van der Waals surface area contributed by atoms with Crippen LogP contribution in [0.25, 0.3) is 0 Å². The van der Waals surface area contributed by atoms with Crippen molar-refractivity contribution < 1.29 is 4.74 Å². The lowest BCUT2D eigenvalue weighted by molar-refractivity contribution is -0.0278. The van der Waals surface area contributed by atoms with Gasteiger partial charge in [0.2, 0.25) is 0 Å². The van der Waals surface area contributed by atoms with E-state index in [9.17, 15) is 0 Å². The number of aromatic nitrogens is 2. The van der Waals surface area contributed by atoms with Crippen molar-refractivity contribution in [2.24, 2.45) is 0 Å². The fraction of sp³-hybridized carbons (Fsp3) is 0.750. The average molecular weight is 223 g/mol. The highest BCUT2D eigenvalue weighted by atomic mass is 16.5. The van der Waals surface area contributed by atoms with Crippen LogP contribution in [0.5, 0.6) is 0 Å². The van der Waals surface area contributed by atoms with Crippen molar-refractivity contribution in [2.75, 3.05) is 26.7 Å². The summed E-state index contributed by atoms with van der Waals surface area (Å²) in [6.07, 6.45) is 6.45. The molecule has 1 aliphatic rings. The minimum absolute atomic E-state index is 0.309. The lowest BCUT2D eigenvalue weighted by Crippen LogP contribution is -2.42. The standard InChI is InChI=1S/C12H21N3O/c1-3-4-12-13-5-6-15(12)10-11-9-14(2)7-8-16-11/h5-6,11H,3-4,7-10H2,1-2H3. The molecule has 0 saturated carbocycles. The lowest BCUT2D eigenvalue weighted by atomic mass is 10.2. The average Bonchev–Trinajstić information content (AvgIpc) is 2.66. The largest absolute Gasteiger partial charge is 0.374 e. The topological polar surface area (TPSA) is 30.3 Å². The van der Waals surface area contributed by atoms with E-state index in [1.165, 1.54) is 5.82 Å². The van der Waals surface area contributed by atoms with E-state index >= 15 is 0 Å². The van der Waals surface area contributed by atoms with Crippen LogP contribution in [-0.2, 0) is 17.7 Å². The molecule has 1 unspecified atom stereocenters. The third kappa shape index (κ3) is 2.83. The summed E-state index contributed by atoms with van der Waals surface area (Å²) < 4.78 is 7.99. The second-order valence-electron chi connectivity index (χ2n) is 4.50. The second-order valence-corrected chi connectivity index (χ2v) is 4.50. The maximum atomic E-state index is 5.76. The monoisotopic (exact) mass is 223 g/mol. The zero-order valence-electron chi connectivity index (χ0n) is 10.2. The van der Waals surface area contributed by atoms with Gasteiger partial charge < -0.3 is 14.2 Å². The lowest BCUT2D eigenvalue weighted by Gasteiger charge is -2.30. The SMILES string of the molecule is CCCc1nccn1CC1CN(C)CCO1. The number of imidazole rings is 1. The Morgan fingerprint density at radius 3 is 3.19 bits per heavy atom. The van der Waals surface area contributed by atoms with Crippen molar-refractivity contribution in [1.82, 2.24) is 14.5 Å². The third-order valence-electron chi connectivity index (χ3n) is 3.02. The molecule has 16 heavy (non-hydrogen) atoms. The first-order chi connectivity index (χ1) is 7.79. The molecule has 4 nitrogen and oxygen atoms in total. The second kappa shape index (κ2) is 5.46. The van der Waals surface area contributed by atoms with Crippen molar-refractivity contribution in [1.29, 1.82) is 0 Å². The van der Waals surface area contributed by atoms with E-state index in [0.29, 0.717) is 6.10 Å². The van der Waals surface area contributed by atoms with Crippen LogP contribution in [-0.4, -0.2) is 47.3 Å². The van der Waals surface area contributed by atoms with E-state index in [0.717, 1.165) is 39.1 Å². The van der Waals surface area contributed by atoms with E-state index in [1.807, 2.05) is 6.20 Å². The molecule has 1 aromatic rings. The normalized spacial score (nSPS) is 22.5. The van der Waals surface area contributed by atoms with Gasteiger partial charge in [0.15, 0.2) is 0 Å². The summed E-state index contributed by atoms with van der Waals surface area (Å²) in [6, 6.07) is 0. The molecule has 1 atom stereocenters. The summed E-state index contributed by atoms with van der Waals surface area (Å²) >= 11 is 0. The summed E-state index contributed by atoms with van der Waals surface area (Å²) in [4.78, 5) is 6.71. The fourth-order valence-corrected chi connectivity index (χ4v) is 2.15. The van der Waals surface area contributed by atoms with Crippen LogP contribution >= 0.6 is 0 Å². The number of aryl methyl sites for hydroxylation is 1. The van der Waals surface area contributed by atoms with Gasteiger partial charge in [-0.2, -0.15) is 0 Å². The molecule has 0 aromatic carbocycles. The Hall–Kier alpha value is -0.870. The molecular formula is C12H21N3O. The van der Waals surface area contributed by atoms with Crippen LogP contribution in [0, 0.1) is 0 Å². The molecular weight excluding hydrogens is 202 g/mol. The van der Waals surface area contributed by atoms with Gasteiger partial charge in [-0.25, -0.2) is 4.98 Å². The van der Waals surface area contributed by atoms with E-state index in [2.05, 4.69) is 34.6 Å². The van der Waals surface area contributed by atoms with E-state index in [1.54, 1.807) is 0 Å². The minimum atomic E-state index is 0.309. The fourth-order valence-electron chi connectivity index (χ4n) is 2.15. The van der Waals surface area contributed by atoms with Crippen molar-refractivity contribution in [2.45, 2.75) is 32.4 Å². The van der Waals surface area contributed by atoms with Crippen LogP contribution in [0.1, 0.15) is 19.2 Å². The van der Waals surface area contributed by atoms with Gasteiger partial charge in [-0.1, -0.05) is 6.92 Å². The number of morpholine rings is 1. The van der Waals surface area contributed by atoms with E-state index in [-0.39, 0.29) is 0 Å². The van der Waals surface area contributed by atoms with E-state index < -0.39 is 0 Å². The van der Waals surface area contributed by atoms with E-state index in [4.69, 9.17) is 4.74 Å². The molecule has 1 aliphatic heterocycles.